The van der Waals surface area contributed by atoms with Gasteiger partial charge in [0.2, 0.25) is 5.91 Å². The van der Waals surface area contributed by atoms with Crippen LogP contribution in [-0.2, 0) is 20.9 Å². The second-order valence-corrected chi connectivity index (χ2v) is 8.64. The first-order chi connectivity index (χ1) is 15.8. The Kier molecular flexibility index (Phi) is 6.35. The number of esters is 1. The van der Waals surface area contributed by atoms with Crippen molar-refractivity contribution in [2.24, 2.45) is 11.8 Å². The fraction of sp³-hybridized carbons (Fsp3) is 0.400. The molecule has 2 aromatic rings. The van der Waals surface area contributed by atoms with E-state index in [1.165, 1.54) is 26.2 Å². The van der Waals surface area contributed by atoms with Crippen LogP contribution in [0.1, 0.15) is 54.2 Å². The van der Waals surface area contributed by atoms with E-state index in [4.69, 9.17) is 9.47 Å². The lowest BCUT2D eigenvalue weighted by molar-refractivity contribution is -0.117. The van der Waals surface area contributed by atoms with Gasteiger partial charge in [-0.25, -0.2) is 14.0 Å². The first-order valence-corrected chi connectivity index (χ1v) is 11.0. The van der Waals surface area contributed by atoms with Crippen LogP contribution < -0.4 is 10.2 Å². The highest BCUT2D eigenvalue weighted by atomic mass is 19.1. The molecule has 0 aromatic heterocycles. The van der Waals surface area contributed by atoms with Crippen molar-refractivity contribution in [3.63, 3.8) is 0 Å². The third-order valence-corrected chi connectivity index (χ3v) is 6.41. The summed E-state index contributed by atoms with van der Waals surface area (Å²) in [5, 5.41) is 2.90. The van der Waals surface area contributed by atoms with E-state index in [9.17, 15) is 18.8 Å². The van der Waals surface area contributed by atoms with Crippen LogP contribution in [0.3, 0.4) is 0 Å². The highest BCUT2D eigenvalue weighted by Crippen LogP contribution is 2.49. The van der Waals surface area contributed by atoms with Gasteiger partial charge in [-0.05, 0) is 42.0 Å². The molecular formula is C25H27FN2O5. The number of alkyl carbamates (subject to hydrolysis) is 1. The Morgan fingerprint density at radius 1 is 1.15 bits per heavy atom. The van der Waals surface area contributed by atoms with E-state index in [1.54, 1.807) is 4.90 Å². The molecule has 0 saturated heterocycles. The molecule has 0 spiro atoms. The number of hydrogen-bond acceptors (Lipinski definition) is 5. The number of nitrogens with one attached hydrogen (secondary N) is 1. The summed E-state index contributed by atoms with van der Waals surface area (Å²) in [7, 11) is 1.17. The Balaban J connectivity index is 1.69. The molecule has 4 rings (SSSR count). The topological polar surface area (TPSA) is 84.9 Å². The van der Waals surface area contributed by atoms with E-state index >= 15 is 0 Å². The number of fused-ring (bicyclic) bond motifs is 1. The summed E-state index contributed by atoms with van der Waals surface area (Å²) in [5.41, 5.74) is 1.43. The maximum atomic E-state index is 14.8. The molecule has 2 aromatic carbocycles. The molecule has 1 unspecified atom stereocenters. The lowest BCUT2D eigenvalue weighted by atomic mass is 9.79. The number of methoxy groups -OCH3 is 1. The van der Waals surface area contributed by atoms with E-state index in [0.29, 0.717) is 11.3 Å². The van der Waals surface area contributed by atoms with Gasteiger partial charge in [0.15, 0.2) is 0 Å². The Morgan fingerprint density at radius 2 is 1.85 bits per heavy atom. The molecule has 1 N–H and O–H groups in total. The van der Waals surface area contributed by atoms with Gasteiger partial charge in [-0.2, -0.15) is 0 Å². The summed E-state index contributed by atoms with van der Waals surface area (Å²) in [6.45, 7) is 3.49. The van der Waals surface area contributed by atoms with Gasteiger partial charge >= 0.3 is 12.1 Å². The molecule has 1 aliphatic carbocycles. The number of anilines is 1. The number of ether oxygens (including phenoxy) is 2. The second kappa shape index (κ2) is 9.21. The predicted octanol–water partition coefficient (Wildman–Crippen LogP) is 4.36. The molecule has 1 heterocycles. The SMILES string of the molecule is COC(=O)c1cc2c(cc1F)N(C(C)=O)[C@@H](C1CC1)[C@H](C)C2NC(=O)OCc1ccccc1. The monoisotopic (exact) mass is 454 g/mol. The minimum atomic E-state index is -0.827. The van der Waals surface area contributed by atoms with E-state index in [-0.39, 0.29) is 36.0 Å². The Hall–Kier alpha value is -3.42. The van der Waals surface area contributed by atoms with Crippen LogP contribution in [0.25, 0.3) is 0 Å². The fourth-order valence-corrected chi connectivity index (χ4v) is 4.74. The van der Waals surface area contributed by atoms with Crippen LogP contribution >= 0.6 is 0 Å². The number of nitrogens with zero attached hydrogens (tertiary/aromatic N) is 1. The molecule has 1 fully saturated rings. The number of hydrogen-bond donors (Lipinski definition) is 1. The number of benzene rings is 2. The van der Waals surface area contributed by atoms with Crippen molar-refractivity contribution in [2.75, 3.05) is 12.0 Å². The lowest BCUT2D eigenvalue weighted by Crippen LogP contribution is -2.53. The van der Waals surface area contributed by atoms with Gasteiger partial charge in [0, 0.05) is 18.9 Å². The van der Waals surface area contributed by atoms with E-state index < -0.39 is 23.9 Å². The van der Waals surface area contributed by atoms with Crippen molar-refractivity contribution >= 4 is 23.7 Å². The molecule has 2 aliphatic rings. The average Bonchev–Trinajstić information content (AvgIpc) is 3.64. The standard InChI is InChI=1S/C25H27FN2O5/c1-14-22(27-25(31)33-13-16-7-5-4-6-8-16)19-11-18(24(30)32-3)20(26)12-21(19)28(15(2)29)23(14)17-9-10-17/h4-8,11-12,14,17,22-23H,9-10,13H2,1-3H3,(H,27,31)/t14-,22?,23-/m1/s1. The lowest BCUT2D eigenvalue weighted by Gasteiger charge is -2.45. The summed E-state index contributed by atoms with van der Waals surface area (Å²) in [4.78, 5) is 39.1. The molecule has 2 amide bonds. The molecule has 3 atom stereocenters. The van der Waals surface area contributed by atoms with Crippen molar-refractivity contribution in [3.8, 4) is 0 Å². The van der Waals surface area contributed by atoms with Crippen LogP contribution in [0, 0.1) is 17.7 Å². The molecule has 1 saturated carbocycles. The Morgan fingerprint density at radius 3 is 2.45 bits per heavy atom. The molecular weight excluding hydrogens is 427 g/mol. The Bertz CT molecular complexity index is 1070. The molecule has 174 valence electrons. The van der Waals surface area contributed by atoms with Crippen molar-refractivity contribution < 1.29 is 28.2 Å². The number of rotatable bonds is 5. The van der Waals surface area contributed by atoms with Crippen molar-refractivity contribution in [3.05, 3.63) is 65.0 Å². The zero-order valence-electron chi connectivity index (χ0n) is 18.8. The maximum absolute atomic E-state index is 14.8. The minimum Gasteiger partial charge on any atom is -0.465 e. The molecule has 1 aliphatic heterocycles. The minimum absolute atomic E-state index is 0.100. The number of halogens is 1. The first-order valence-electron chi connectivity index (χ1n) is 11.0. The summed E-state index contributed by atoms with van der Waals surface area (Å²) < 4.78 is 25.0. The van der Waals surface area contributed by atoms with Gasteiger partial charge in [0.05, 0.1) is 24.4 Å². The van der Waals surface area contributed by atoms with Gasteiger partial charge in [0.25, 0.3) is 0 Å². The van der Waals surface area contributed by atoms with Crippen molar-refractivity contribution in [1.82, 2.24) is 5.32 Å². The van der Waals surface area contributed by atoms with Gasteiger partial charge < -0.3 is 19.7 Å². The molecule has 0 bridgehead atoms. The van der Waals surface area contributed by atoms with Crippen molar-refractivity contribution in [2.45, 2.75) is 45.4 Å². The summed E-state index contributed by atoms with van der Waals surface area (Å²) >= 11 is 0. The van der Waals surface area contributed by atoms with Crippen LogP contribution in [0.2, 0.25) is 0 Å². The highest BCUT2D eigenvalue weighted by molar-refractivity contribution is 5.96. The third-order valence-electron chi connectivity index (χ3n) is 6.41. The van der Waals surface area contributed by atoms with Crippen LogP contribution in [0.4, 0.5) is 14.9 Å². The quantitative estimate of drug-likeness (QED) is 0.679. The predicted molar refractivity (Wildman–Crippen MR) is 119 cm³/mol. The van der Waals surface area contributed by atoms with Gasteiger partial charge in [-0.1, -0.05) is 37.3 Å². The average molecular weight is 454 g/mol. The Labute approximate surface area is 191 Å². The third kappa shape index (κ3) is 4.55. The molecule has 8 heteroatoms. The van der Waals surface area contributed by atoms with Gasteiger partial charge in [0.1, 0.15) is 12.4 Å². The second-order valence-electron chi connectivity index (χ2n) is 8.64. The molecule has 7 nitrogen and oxygen atoms in total. The molecule has 0 radical (unpaired) electrons. The summed E-state index contributed by atoms with van der Waals surface area (Å²) in [5.74, 6) is -1.73. The normalized spacial score (nSPS) is 21.7. The first kappa shape index (κ1) is 22.8. The van der Waals surface area contributed by atoms with Crippen LogP contribution in [0.5, 0.6) is 0 Å². The summed E-state index contributed by atoms with van der Waals surface area (Å²) in [6, 6.07) is 11.1. The smallest absolute Gasteiger partial charge is 0.407 e. The van der Waals surface area contributed by atoms with Crippen LogP contribution in [0.15, 0.2) is 42.5 Å². The largest absolute Gasteiger partial charge is 0.465 e. The number of amides is 2. The zero-order valence-corrected chi connectivity index (χ0v) is 18.8. The number of carbonyl (C=O) groups is 3. The van der Waals surface area contributed by atoms with Crippen molar-refractivity contribution in [1.29, 1.82) is 0 Å². The zero-order chi connectivity index (χ0) is 23.7. The van der Waals surface area contributed by atoms with Gasteiger partial charge in [-0.15, -0.1) is 0 Å². The van der Waals surface area contributed by atoms with Gasteiger partial charge in [-0.3, -0.25) is 4.79 Å². The number of carbonyl (C=O) groups excluding carboxylic acids is 3. The van der Waals surface area contributed by atoms with E-state index in [2.05, 4.69) is 5.32 Å². The molecule has 33 heavy (non-hydrogen) atoms. The maximum Gasteiger partial charge on any atom is 0.407 e. The fourth-order valence-electron chi connectivity index (χ4n) is 4.74. The van der Waals surface area contributed by atoms with E-state index in [1.807, 2.05) is 37.3 Å². The van der Waals surface area contributed by atoms with Crippen LogP contribution in [-0.4, -0.2) is 31.1 Å². The highest BCUT2D eigenvalue weighted by Gasteiger charge is 2.48. The summed E-state index contributed by atoms with van der Waals surface area (Å²) in [6.07, 6.45) is 1.29. The van der Waals surface area contributed by atoms with E-state index in [0.717, 1.165) is 18.4 Å².